The van der Waals surface area contributed by atoms with Gasteiger partial charge in [-0.25, -0.2) is 0 Å². The maximum absolute atomic E-state index is 8.70. The molecule has 0 heterocycles. The van der Waals surface area contributed by atoms with Gasteiger partial charge in [0.25, 0.3) is 0 Å². The SMILES string of the molecule is C=CC.C=CC.C=CC.C=CC.C=CC.O=[P+](O)O. The van der Waals surface area contributed by atoms with Crippen molar-refractivity contribution in [2.24, 2.45) is 0 Å². The first kappa shape index (κ1) is 36.1. The quantitative estimate of drug-likeness (QED) is 0.452. The van der Waals surface area contributed by atoms with Crippen LogP contribution in [0.4, 0.5) is 0 Å². The average Bonchev–Trinajstić information content (AvgIpc) is 2.21. The van der Waals surface area contributed by atoms with Gasteiger partial charge in [-0.1, -0.05) is 30.4 Å². The molecule has 0 aliphatic heterocycles. The summed E-state index contributed by atoms with van der Waals surface area (Å²) >= 11 is 0. The maximum Gasteiger partial charge on any atom is 0.692 e. The summed E-state index contributed by atoms with van der Waals surface area (Å²) in [5, 5.41) is 0. The van der Waals surface area contributed by atoms with Crippen LogP contribution in [-0.4, -0.2) is 9.79 Å². The third-order valence-electron chi connectivity index (χ3n) is 0. The van der Waals surface area contributed by atoms with Gasteiger partial charge in [0.2, 0.25) is 0 Å². The summed E-state index contributed by atoms with van der Waals surface area (Å²) in [6, 6.07) is 0. The number of rotatable bonds is 0. The van der Waals surface area contributed by atoms with Gasteiger partial charge in [-0.3, -0.25) is 0 Å². The Hall–Kier alpha value is -1.28. The zero-order valence-electron chi connectivity index (χ0n) is 13.2. The van der Waals surface area contributed by atoms with Gasteiger partial charge in [0.05, 0.1) is 0 Å². The van der Waals surface area contributed by atoms with Gasteiger partial charge >= 0.3 is 8.25 Å². The van der Waals surface area contributed by atoms with E-state index in [1.54, 1.807) is 30.4 Å². The molecule has 0 aromatic carbocycles. The van der Waals surface area contributed by atoms with Crippen molar-refractivity contribution in [3.05, 3.63) is 63.3 Å². The van der Waals surface area contributed by atoms with Gasteiger partial charge in [0.15, 0.2) is 0 Å². The molecule has 0 bridgehead atoms. The molecule has 0 amide bonds. The van der Waals surface area contributed by atoms with Gasteiger partial charge in [0, 0.05) is 4.57 Å². The van der Waals surface area contributed by atoms with Crippen molar-refractivity contribution < 1.29 is 14.4 Å². The van der Waals surface area contributed by atoms with E-state index in [-0.39, 0.29) is 0 Å². The van der Waals surface area contributed by atoms with Crippen LogP contribution in [0.3, 0.4) is 0 Å². The highest BCUT2D eigenvalue weighted by atomic mass is 31.1. The second kappa shape index (κ2) is 91.5. The summed E-state index contributed by atoms with van der Waals surface area (Å²) in [6.45, 7) is 26.2. The molecule has 114 valence electrons. The zero-order chi connectivity index (χ0) is 17.1. The van der Waals surface area contributed by atoms with Crippen molar-refractivity contribution in [2.45, 2.75) is 34.6 Å². The van der Waals surface area contributed by atoms with E-state index in [0.29, 0.717) is 0 Å². The van der Waals surface area contributed by atoms with Gasteiger partial charge in [-0.15, -0.1) is 42.7 Å². The monoisotopic (exact) mass is 291 g/mol. The van der Waals surface area contributed by atoms with Crippen molar-refractivity contribution in [3.63, 3.8) is 0 Å². The van der Waals surface area contributed by atoms with Crippen LogP contribution in [0.15, 0.2) is 63.3 Å². The summed E-state index contributed by atoms with van der Waals surface area (Å²) in [5.74, 6) is 0. The van der Waals surface area contributed by atoms with Crippen LogP contribution in [0, 0.1) is 0 Å². The van der Waals surface area contributed by atoms with Crippen LogP contribution in [0.25, 0.3) is 0 Å². The van der Waals surface area contributed by atoms with Crippen LogP contribution < -0.4 is 0 Å². The Morgan fingerprint density at radius 2 is 0.632 bits per heavy atom. The lowest BCUT2D eigenvalue weighted by Crippen LogP contribution is -1.38. The predicted molar refractivity (Wildman–Crippen MR) is 91.4 cm³/mol. The molecule has 0 aromatic rings. The molecular weight excluding hydrogens is 259 g/mol. The molecule has 0 saturated heterocycles. The molecule has 0 atom stereocenters. The Kier molecular flexibility index (Phi) is 174. The fourth-order valence-corrected chi connectivity index (χ4v) is 0. The number of hydrogen-bond acceptors (Lipinski definition) is 1. The Bertz CT molecular complexity index is 149. The summed E-state index contributed by atoms with van der Waals surface area (Å²) < 4.78 is 8.70. The normalized spacial score (nSPS) is 4.79. The van der Waals surface area contributed by atoms with E-state index in [9.17, 15) is 0 Å². The highest BCUT2D eigenvalue weighted by Crippen LogP contribution is 1.98. The molecule has 0 rings (SSSR count). The molecular formula is C15H32O3P+. The molecule has 0 fully saturated rings. The summed E-state index contributed by atoms with van der Waals surface area (Å²) in [4.78, 5) is 14.2. The van der Waals surface area contributed by atoms with E-state index in [2.05, 4.69) is 32.9 Å². The number of hydrogen-bond donors (Lipinski definition) is 2. The van der Waals surface area contributed by atoms with E-state index in [4.69, 9.17) is 14.4 Å². The summed E-state index contributed by atoms with van der Waals surface area (Å²) in [7, 11) is -2.87. The first-order chi connectivity index (χ1) is 8.80. The topological polar surface area (TPSA) is 57.5 Å². The lowest BCUT2D eigenvalue weighted by molar-refractivity contribution is 0.405. The molecule has 19 heavy (non-hydrogen) atoms. The maximum atomic E-state index is 8.70. The minimum absolute atomic E-state index is 1.75. The van der Waals surface area contributed by atoms with E-state index in [0.717, 1.165) is 0 Å². The minimum atomic E-state index is -2.87. The fourth-order valence-electron chi connectivity index (χ4n) is 0. The third-order valence-corrected chi connectivity index (χ3v) is 0. The smallest absolute Gasteiger partial charge is 0.134 e. The van der Waals surface area contributed by atoms with Crippen molar-refractivity contribution in [1.82, 2.24) is 0 Å². The molecule has 3 nitrogen and oxygen atoms in total. The Morgan fingerprint density at radius 1 is 0.632 bits per heavy atom. The second-order valence-electron chi connectivity index (χ2n) is 2.29. The van der Waals surface area contributed by atoms with E-state index >= 15 is 0 Å². The van der Waals surface area contributed by atoms with Gasteiger partial charge in [-0.2, -0.15) is 0 Å². The van der Waals surface area contributed by atoms with Crippen LogP contribution in [0.2, 0.25) is 0 Å². The highest BCUT2D eigenvalue weighted by Gasteiger charge is 1.93. The molecule has 0 aliphatic rings. The molecule has 0 unspecified atom stereocenters. The van der Waals surface area contributed by atoms with Gasteiger partial charge < -0.3 is 0 Å². The van der Waals surface area contributed by atoms with Crippen molar-refractivity contribution in [2.75, 3.05) is 0 Å². The van der Waals surface area contributed by atoms with E-state index < -0.39 is 8.25 Å². The largest absolute Gasteiger partial charge is 0.692 e. The second-order valence-corrected chi connectivity index (χ2v) is 2.80. The van der Waals surface area contributed by atoms with Crippen LogP contribution in [-0.2, 0) is 4.57 Å². The standard InChI is InChI=1S/5C3H6.HO3P/c5*1-3-2;1-4(2)3/h5*3H,1H2,2H3;(H-,1,2,3)/p+1. The summed E-state index contributed by atoms with van der Waals surface area (Å²) in [5.41, 5.74) is 0. The first-order valence-electron chi connectivity index (χ1n) is 5.51. The van der Waals surface area contributed by atoms with Crippen LogP contribution in [0.5, 0.6) is 0 Å². The molecule has 0 aromatic heterocycles. The molecule has 4 heteroatoms. The zero-order valence-corrected chi connectivity index (χ0v) is 14.1. The Labute approximate surface area is 121 Å². The molecule has 0 radical (unpaired) electrons. The van der Waals surface area contributed by atoms with Crippen molar-refractivity contribution in [3.8, 4) is 0 Å². The van der Waals surface area contributed by atoms with Crippen molar-refractivity contribution >= 4 is 8.25 Å². The van der Waals surface area contributed by atoms with Gasteiger partial charge in [-0.05, 0) is 34.6 Å². The van der Waals surface area contributed by atoms with Crippen molar-refractivity contribution in [1.29, 1.82) is 0 Å². The Balaban J connectivity index is -0.0000000268. The third kappa shape index (κ3) is 2210. The van der Waals surface area contributed by atoms with Crippen LogP contribution >= 0.6 is 8.25 Å². The lowest BCUT2D eigenvalue weighted by atomic mass is 10.8. The summed E-state index contributed by atoms with van der Waals surface area (Å²) in [6.07, 6.45) is 8.75. The molecule has 0 spiro atoms. The minimum Gasteiger partial charge on any atom is -0.134 e. The molecule has 0 saturated carbocycles. The number of allylic oxidation sites excluding steroid dienone is 5. The van der Waals surface area contributed by atoms with Gasteiger partial charge in [0.1, 0.15) is 0 Å². The fraction of sp³-hybridized carbons (Fsp3) is 0.333. The molecule has 2 N–H and O–H groups in total. The average molecular weight is 291 g/mol. The highest BCUT2D eigenvalue weighted by molar-refractivity contribution is 7.30. The van der Waals surface area contributed by atoms with E-state index in [1.165, 1.54) is 0 Å². The van der Waals surface area contributed by atoms with E-state index in [1.807, 2.05) is 34.6 Å². The lowest BCUT2D eigenvalue weighted by Gasteiger charge is -1.34. The predicted octanol–water partition coefficient (Wildman–Crippen LogP) is 5.59. The molecule has 0 aliphatic carbocycles. The first-order valence-corrected chi connectivity index (χ1v) is 6.68. The Morgan fingerprint density at radius 3 is 0.632 bits per heavy atom. The van der Waals surface area contributed by atoms with Crippen LogP contribution in [0.1, 0.15) is 34.6 Å².